The van der Waals surface area contributed by atoms with Crippen LogP contribution in [0.1, 0.15) is 19.5 Å². The van der Waals surface area contributed by atoms with Crippen molar-refractivity contribution in [1.82, 2.24) is 4.98 Å². The smallest absolute Gasteiger partial charge is 0.344 e. The Morgan fingerprint density at radius 1 is 1.55 bits per heavy atom. The summed E-state index contributed by atoms with van der Waals surface area (Å²) in [6.07, 6.45) is 1.49. The molecule has 0 unspecified atom stereocenters. The summed E-state index contributed by atoms with van der Waals surface area (Å²) in [7, 11) is 0. The van der Waals surface area contributed by atoms with Crippen LogP contribution < -0.4 is 10.5 Å². The maximum atomic E-state index is 11.6. The predicted octanol–water partition coefficient (Wildman–Crippen LogP) is 1.55. The van der Waals surface area contributed by atoms with Gasteiger partial charge in [0.15, 0.2) is 6.61 Å². The third-order valence-corrected chi connectivity index (χ3v) is 2.27. The highest BCUT2D eigenvalue weighted by Gasteiger charge is 2.22. The number of azide groups is 1. The molecule has 0 aliphatic carbocycles. The second kappa shape index (κ2) is 7.32. The molecule has 8 nitrogen and oxygen atoms in total. The molecule has 0 atom stereocenters. The van der Waals surface area contributed by atoms with E-state index in [-0.39, 0.29) is 13.2 Å². The van der Waals surface area contributed by atoms with Gasteiger partial charge in [0, 0.05) is 11.5 Å². The zero-order valence-electron chi connectivity index (χ0n) is 11.4. The minimum atomic E-state index is -0.867. The molecule has 8 heteroatoms. The summed E-state index contributed by atoms with van der Waals surface area (Å²) in [5, 5.41) is 3.37. The van der Waals surface area contributed by atoms with Crippen molar-refractivity contribution < 1.29 is 14.3 Å². The van der Waals surface area contributed by atoms with Gasteiger partial charge in [0.05, 0.1) is 18.4 Å². The molecule has 0 radical (unpaired) electrons. The lowest BCUT2D eigenvalue weighted by Gasteiger charge is -2.22. The van der Waals surface area contributed by atoms with Crippen LogP contribution in [-0.2, 0) is 16.1 Å². The van der Waals surface area contributed by atoms with E-state index < -0.39 is 11.6 Å². The first-order valence-electron chi connectivity index (χ1n) is 5.97. The zero-order chi connectivity index (χ0) is 15.0. The average molecular weight is 279 g/mol. The normalized spacial score (nSPS) is 10.6. The van der Waals surface area contributed by atoms with E-state index >= 15 is 0 Å². The zero-order valence-corrected chi connectivity index (χ0v) is 11.4. The van der Waals surface area contributed by atoms with Gasteiger partial charge in [-0.25, -0.2) is 4.79 Å². The minimum Gasteiger partial charge on any atom is -0.480 e. The van der Waals surface area contributed by atoms with Crippen molar-refractivity contribution in [2.45, 2.75) is 26.0 Å². The number of hydrogen-bond donors (Lipinski definition) is 1. The van der Waals surface area contributed by atoms with Crippen molar-refractivity contribution in [2.75, 3.05) is 13.2 Å². The molecular formula is C12H17N5O3. The van der Waals surface area contributed by atoms with Gasteiger partial charge in [-0.15, -0.1) is 0 Å². The molecule has 0 saturated heterocycles. The number of rotatable bonds is 7. The molecule has 2 N–H and O–H groups in total. The lowest BCUT2D eigenvalue weighted by molar-refractivity contribution is -0.157. The molecule has 0 saturated carbocycles. The van der Waals surface area contributed by atoms with Crippen LogP contribution in [0, 0.1) is 0 Å². The van der Waals surface area contributed by atoms with Gasteiger partial charge in [0.25, 0.3) is 0 Å². The number of aromatic nitrogens is 1. The average Bonchev–Trinajstić information content (AvgIpc) is 2.43. The molecule has 1 rings (SSSR count). The van der Waals surface area contributed by atoms with E-state index in [0.29, 0.717) is 12.3 Å². The fourth-order valence-electron chi connectivity index (χ4n) is 1.33. The van der Waals surface area contributed by atoms with E-state index in [4.69, 9.17) is 20.7 Å². The maximum absolute atomic E-state index is 11.6. The summed E-state index contributed by atoms with van der Waals surface area (Å²) in [5.74, 6) is -0.0990. The number of nitrogens with two attached hydrogens (primary N) is 1. The molecule has 0 aliphatic heterocycles. The Morgan fingerprint density at radius 3 is 2.85 bits per heavy atom. The molecule has 1 aromatic heterocycles. The number of hydrogen-bond acceptors (Lipinski definition) is 6. The number of esters is 1. The maximum Gasteiger partial charge on any atom is 0.344 e. The third-order valence-electron chi connectivity index (χ3n) is 2.27. The number of nitrogens with zero attached hydrogens (tertiary/aromatic N) is 4. The van der Waals surface area contributed by atoms with Gasteiger partial charge in [0.1, 0.15) is 11.4 Å². The first kappa shape index (κ1) is 15.7. The number of carbonyl (C=O) groups excluding carboxylic acids is 1. The van der Waals surface area contributed by atoms with Crippen molar-refractivity contribution in [1.29, 1.82) is 0 Å². The van der Waals surface area contributed by atoms with Crippen LogP contribution in [0.2, 0.25) is 0 Å². The van der Waals surface area contributed by atoms with Gasteiger partial charge in [-0.3, -0.25) is 4.98 Å². The van der Waals surface area contributed by atoms with Crippen molar-refractivity contribution in [3.8, 4) is 5.75 Å². The van der Waals surface area contributed by atoms with Gasteiger partial charge in [-0.2, -0.15) is 0 Å². The van der Waals surface area contributed by atoms with Crippen molar-refractivity contribution >= 4 is 5.97 Å². The first-order valence-corrected chi connectivity index (χ1v) is 5.97. The lowest BCUT2D eigenvalue weighted by atomic mass is 10.1. The summed E-state index contributed by atoms with van der Waals surface area (Å²) < 4.78 is 10.4. The largest absolute Gasteiger partial charge is 0.480 e. The lowest BCUT2D eigenvalue weighted by Crippen LogP contribution is -2.33. The van der Waals surface area contributed by atoms with Crippen molar-refractivity contribution in [2.24, 2.45) is 10.8 Å². The van der Waals surface area contributed by atoms with Crippen LogP contribution in [0.5, 0.6) is 5.75 Å². The second-order valence-electron chi connectivity index (χ2n) is 4.60. The molecule has 0 spiro atoms. The summed E-state index contributed by atoms with van der Waals surface area (Å²) in [6, 6.07) is 3.39. The molecule has 108 valence electrons. The van der Waals surface area contributed by atoms with Gasteiger partial charge in [-0.05, 0) is 31.5 Å². The SMILES string of the molecule is CC(C)(CN=[N+]=[N-])OC(=O)COc1ccc(CN)nc1. The van der Waals surface area contributed by atoms with Crippen molar-refractivity contribution in [3.05, 3.63) is 34.5 Å². The Morgan fingerprint density at radius 2 is 2.30 bits per heavy atom. The minimum absolute atomic E-state index is 0.0575. The van der Waals surface area contributed by atoms with Gasteiger partial charge in [0.2, 0.25) is 0 Å². The molecule has 0 amide bonds. The Balaban J connectivity index is 2.44. The fraction of sp³-hybridized carbons (Fsp3) is 0.500. The van der Waals surface area contributed by atoms with Gasteiger partial charge < -0.3 is 15.2 Å². The molecular weight excluding hydrogens is 262 g/mol. The Kier molecular flexibility index (Phi) is 5.76. The standard InChI is InChI=1S/C12H17N5O3/c1-12(2,8-16-17-14)20-11(18)7-19-10-4-3-9(5-13)15-6-10/h3-4,6H,5,7-8,13H2,1-2H3. The second-order valence-corrected chi connectivity index (χ2v) is 4.60. The van der Waals surface area contributed by atoms with Crippen LogP contribution in [0.3, 0.4) is 0 Å². The summed E-state index contributed by atoms with van der Waals surface area (Å²) in [5.41, 5.74) is 13.5. The highest BCUT2D eigenvalue weighted by molar-refractivity contribution is 5.71. The molecule has 0 fully saturated rings. The van der Waals surface area contributed by atoms with Crippen LogP contribution in [0.4, 0.5) is 0 Å². The fourth-order valence-corrected chi connectivity index (χ4v) is 1.33. The topological polar surface area (TPSA) is 123 Å². The first-order chi connectivity index (χ1) is 9.46. The molecule has 0 bridgehead atoms. The van der Waals surface area contributed by atoms with Crippen LogP contribution >= 0.6 is 0 Å². The van der Waals surface area contributed by atoms with E-state index in [0.717, 1.165) is 5.69 Å². The van der Waals surface area contributed by atoms with Crippen LogP contribution in [0.25, 0.3) is 10.4 Å². The summed E-state index contributed by atoms with van der Waals surface area (Å²) >= 11 is 0. The third kappa shape index (κ3) is 5.55. The van der Waals surface area contributed by atoms with Crippen molar-refractivity contribution in [3.63, 3.8) is 0 Å². The van der Waals surface area contributed by atoms with E-state index in [9.17, 15) is 4.79 Å². The Bertz CT molecular complexity index is 494. The molecule has 0 aromatic carbocycles. The number of pyridine rings is 1. The van der Waals surface area contributed by atoms with Crippen LogP contribution in [-0.4, -0.2) is 29.7 Å². The van der Waals surface area contributed by atoms with E-state index in [2.05, 4.69) is 15.0 Å². The monoisotopic (exact) mass is 279 g/mol. The Hall–Kier alpha value is -2.31. The van der Waals surface area contributed by atoms with E-state index in [1.54, 1.807) is 26.0 Å². The molecule has 0 aliphatic rings. The number of ether oxygens (including phenoxy) is 2. The van der Waals surface area contributed by atoms with E-state index in [1.807, 2.05) is 0 Å². The van der Waals surface area contributed by atoms with Gasteiger partial charge >= 0.3 is 5.97 Å². The summed E-state index contributed by atoms with van der Waals surface area (Å²) in [4.78, 5) is 18.3. The molecule has 1 heterocycles. The highest BCUT2D eigenvalue weighted by Crippen LogP contribution is 2.12. The van der Waals surface area contributed by atoms with Crippen LogP contribution in [0.15, 0.2) is 23.4 Å². The number of carbonyl (C=O) groups is 1. The van der Waals surface area contributed by atoms with Gasteiger partial charge in [-0.1, -0.05) is 5.11 Å². The predicted molar refractivity (Wildman–Crippen MR) is 71.8 cm³/mol. The molecule has 20 heavy (non-hydrogen) atoms. The summed E-state index contributed by atoms with van der Waals surface area (Å²) in [6.45, 7) is 3.45. The van der Waals surface area contributed by atoms with E-state index in [1.165, 1.54) is 6.20 Å². The molecule has 1 aromatic rings. The highest BCUT2D eigenvalue weighted by atomic mass is 16.6. The quantitative estimate of drug-likeness (QED) is 0.351. The Labute approximate surface area is 116 Å².